The van der Waals surface area contributed by atoms with Gasteiger partial charge in [0.2, 0.25) is 0 Å². The van der Waals surface area contributed by atoms with Crippen molar-refractivity contribution in [3.05, 3.63) is 65.9 Å². The SMILES string of the molecule is CC=C(F)OC1=CCC(N)(c2ccc(OC)cc2)C=C1. The van der Waals surface area contributed by atoms with Crippen molar-refractivity contribution in [1.82, 2.24) is 0 Å². The van der Waals surface area contributed by atoms with Gasteiger partial charge in [-0.05, 0) is 49.3 Å². The topological polar surface area (TPSA) is 44.5 Å². The van der Waals surface area contributed by atoms with E-state index in [-0.39, 0.29) is 0 Å². The maximum absolute atomic E-state index is 13.0. The molecule has 0 spiro atoms. The van der Waals surface area contributed by atoms with Gasteiger partial charge in [-0.15, -0.1) is 0 Å². The van der Waals surface area contributed by atoms with Crippen LogP contribution in [0.25, 0.3) is 0 Å². The van der Waals surface area contributed by atoms with Crippen LogP contribution in [0.5, 0.6) is 5.75 Å². The number of methoxy groups -OCH3 is 1. The summed E-state index contributed by atoms with van der Waals surface area (Å²) in [5, 5.41) is 0. The molecule has 0 bridgehead atoms. The first-order chi connectivity index (χ1) is 9.57. The number of hydrogen-bond donors (Lipinski definition) is 1. The molecule has 1 atom stereocenters. The molecule has 1 aromatic rings. The van der Waals surface area contributed by atoms with E-state index in [9.17, 15) is 4.39 Å². The molecule has 0 amide bonds. The van der Waals surface area contributed by atoms with Crippen LogP contribution in [0.1, 0.15) is 18.9 Å². The lowest BCUT2D eigenvalue weighted by atomic mass is 9.84. The minimum absolute atomic E-state index is 0.468. The molecule has 4 heteroatoms. The third-order valence-electron chi connectivity index (χ3n) is 3.26. The van der Waals surface area contributed by atoms with Gasteiger partial charge in [0.05, 0.1) is 12.6 Å². The molecule has 20 heavy (non-hydrogen) atoms. The molecule has 1 unspecified atom stereocenters. The van der Waals surface area contributed by atoms with Gasteiger partial charge in [-0.2, -0.15) is 4.39 Å². The number of ether oxygens (including phenoxy) is 2. The summed E-state index contributed by atoms with van der Waals surface area (Å²) in [7, 11) is 1.62. The van der Waals surface area contributed by atoms with Crippen molar-refractivity contribution in [3.63, 3.8) is 0 Å². The molecule has 0 fully saturated rings. The molecule has 0 radical (unpaired) electrons. The first-order valence-corrected chi connectivity index (χ1v) is 6.40. The predicted molar refractivity (Wildman–Crippen MR) is 76.6 cm³/mol. The number of nitrogens with two attached hydrogens (primary N) is 1. The number of hydrogen-bond acceptors (Lipinski definition) is 3. The van der Waals surface area contributed by atoms with E-state index in [1.165, 1.54) is 6.08 Å². The third kappa shape index (κ3) is 3.08. The average Bonchev–Trinajstić information content (AvgIpc) is 2.49. The van der Waals surface area contributed by atoms with Crippen LogP contribution in [-0.2, 0) is 10.3 Å². The zero-order valence-electron chi connectivity index (χ0n) is 11.6. The Labute approximate surface area is 118 Å². The molecule has 106 valence electrons. The van der Waals surface area contributed by atoms with Gasteiger partial charge < -0.3 is 15.2 Å². The van der Waals surface area contributed by atoms with E-state index in [1.54, 1.807) is 26.2 Å². The van der Waals surface area contributed by atoms with Gasteiger partial charge in [-0.3, -0.25) is 0 Å². The summed E-state index contributed by atoms with van der Waals surface area (Å²) in [6, 6.07) is 6.97. The van der Waals surface area contributed by atoms with Crippen LogP contribution in [0.3, 0.4) is 0 Å². The Morgan fingerprint density at radius 2 is 2.05 bits per heavy atom. The predicted octanol–water partition coefficient (Wildman–Crippen LogP) is 3.54. The van der Waals surface area contributed by atoms with Gasteiger partial charge >= 0.3 is 0 Å². The van der Waals surface area contributed by atoms with E-state index in [4.69, 9.17) is 15.2 Å². The first-order valence-electron chi connectivity index (χ1n) is 6.40. The van der Waals surface area contributed by atoms with Gasteiger partial charge in [-0.1, -0.05) is 18.2 Å². The second kappa shape index (κ2) is 5.92. The fourth-order valence-corrected chi connectivity index (χ4v) is 2.00. The highest BCUT2D eigenvalue weighted by atomic mass is 19.1. The first kappa shape index (κ1) is 14.3. The molecule has 2 rings (SSSR count). The van der Waals surface area contributed by atoms with Crippen LogP contribution in [-0.4, -0.2) is 7.11 Å². The molecular weight excluding hydrogens is 257 g/mol. The standard InChI is InChI=1S/C16H18FNO2/c1-3-15(17)20-14-8-10-16(18,11-9-14)12-4-6-13(19-2)7-5-12/h3-10H,11,18H2,1-2H3. The fraction of sp³-hybridized carbons (Fsp3) is 0.250. The number of rotatable bonds is 4. The van der Waals surface area contributed by atoms with Crippen molar-refractivity contribution >= 4 is 0 Å². The van der Waals surface area contributed by atoms with Crippen molar-refractivity contribution in [2.75, 3.05) is 7.11 Å². The number of halogens is 1. The second-order valence-electron chi connectivity index (χ2n) is 4.61. The Morgan fingerprint density at radius 3 is 2.55 bits per heavy atom. The minimum atomic E-state index is -0.616. The number of allylic oxidation sites excluding steroid dienone is 2. The summed E-state index contributed by atoms with van der Waals surface area (Å²) < 4.78 is 23.2. The van der Waals surface area contributed by atoms with Gasteiger partial charge in [0.15, 0.2) is 0 Å². The third-order valence-corrected chi connectivity index (χ3v) is 3.26. The van der Waals surface area contributed by atoms with Crippen molar-refractivity contribution < 1.29 is 13.9 Å². The Morgan fingerprint density at radius 1 is 1.35 bits per heavy atom. The molecule has 0 saturated heterocycles. The lowest BCUT2D eigenvalue weighted by Gasteiger charge is -2.28. The summed E-state index contributed by atoms with van der Waals surface area (Å²) in [6.45, 7) is 1.58. The van der Waals surface area contributed by atoms with Crippen LogP contribution in [0, 0.1) is 0 Å². The zero-order chi connectivity index (χ0) is 14.6. The Bertz CT molecular complexity index is 560. The normalized spacial score (nSPS) is 22.4. The summed E-state index contributed by atoms with van der Waals surface area (Å²) in [5.74, 6) is 1.25. The van der Waals surface area contributed by atoms with Crippen LogP contribution in [0.2, 0.25) is 0 Å². The minimum Gasteiger partial charge on any atom is -0.497 e. The molecule has 1 aliphatic rings. The van der Waals surface area contributed by atoms with Crippen LogP contribution >= 0.6 is 0 Å². The second-order valence-corrected chi connectivity index (χ2v) is 4.61. The van der Waals surface area contributed by atoms with Crippen LogP contribution in [0.15, 0.2) is 60.3 Å². The van der Waals surface area contributed by atoms with E-state index in [0.717, 1.165) is 11.3 Å². The van der Waals surface area contributed by atoms with Crippen molar-refractivity contribution in [3.8, 4) is 5.75 Å². The Hall–Kier alpha value is -2.07. The lowest BCUT2D eigenvalue weighted by molar-refractivity contribution is 0.221. The molecule has 0 aromatic heterocycles. The van der Waals surface area contributed by atoms with Crippen molar-refractivity contribution in [1.29, 1.82) is 0 Å². The van der Waals surface area contributed by atoms with Gasteiger partial charge in [-0.25, -0.2) is 0 Å². The van der Waals surface area contributed by atoms with E-state index >= 15 is 0 Å². The maximum atomic E-state index is 13.0. The average molecular weight is 275 g/mol. The highest BCUT2D eigenvalue weighted by molar-refractivity contribution is 5.38. The lowest BCUT2D eigenvalue weighted by Crippen LogP contribution is -2.35. The zero-order valence-corrected chi connectivity index (χ0v) is 11.6. The Balaban J connectivity index is 2.13. The van der Waals surface area contributed by atoms with E-state index in [2.05, 4.69) is 0 Å². The largest absolute Gasteiger partial charge is 0.497 e. The van der Waals surface area contributed by atoms with Crippen molar-refractivity contribution in [2.24, 2.45) is 5.73 Å². The van der Waals surface area contributed by atoms with Gasteiger partial charge in [0, 0.05) is 0 Å². The molecule has 0 saturated carbocycles. The highest BCUT2D eigenvalue weighted by Crippen LogP contribution is 2.31. The summed E-state index contributed by atoms with van der Waals surface area (Å²) in [6.07, 6.45) is 7.11. The van der Waals surface area contributed by atoms with Crippen molar-refractivity contribution in [2.45, 2.75) is 18.9 Å². The highest BCUT2D eigenvalue weighted by Gasteiger charge is 2.26. The summed E-state index contributed by atoms with van der Waals surface area (Å²) in [5.41, 5.74) is 6.72. The maximum Gasteiger partial charge on any atom is 0.273 e. The van der Waals surface area contributed by atoms with E-state index in [1.807, 2.05) is 30.3 Å². The van der Waals surface area contributed by atoms with E-state index < -0.39 is 11.6 Å². The van der Waals surface area contributed by atoms with Crippen LogP contribution < -0.4 is 10.5 Å². The molecule has 1 aliphatic carbocycles. The molecule has 1 aromatic carbocycles. The molecule has 0 aliphatic heterocycles. The fourth-order valence-electron chi connectivity index (χ4n) is 2.00. The van der Waals surface area contributed by atoms with Gasteiger partial charge in [0.1, 0.15) is 11.5 Å². The molecule has 0 heterocycles. The monoisotopic (exact) mass is 275 g/mol. The van der Waals surface area contributed by atoms with Gasteiger partial charge in [0.25, 0.3) is 6.01 Å². The summed E-state index contributed by atoms with van der Waals surface area (Å²) >= 11 is 0. The Kier molecular flexibility index (Phi) is 4.25. The molecule has 2 N–H and O–H groups in total. The van der Waals surface area contributed by atoms with Crippen LogP contribution in [0.4, 0.5) is 4.39 Å². The summed E-state index contributed by atoms with van der Waals surface area (Å²) in [4.78, 5) is 0. The molecular formula is C16H18FNO2. The molecule has 3 nitrogen and oxygen atoms in total. The van der Waals surface area contributed by atoms with E-state index in [0.29, 0.717) is 12.2 Å². The quantitative estimate of drug-likeness (QED) is 0.855. The smallest absolute Gasteiger partial charge is 0.273 e. The number of benzene rings is 1.